The van der Waals surface area contributed by atoms with Gasteiger partial charge in [0.1, 0.15) is 16.4 Å². The molecule has 0 aliphatic carbocycles. The van der Waals surface area contributed by atoms with Crippen LogP contribution in [0.5, 0.6) is 11.5 Å². The normalized spacial score (nSPS) is 14.9. The molecule has 1 aliphatic heterocycles. The molecule has 2 aromatic carbocycles. The molecule has 0 radical (unpaired) electrons. The number of para-hydroxylation sites is 1. The van der Waals surface area contributed by atoms with Crippen molar-refractivity contribution >= 4 is 27.4 Å². The molecule has 5 nitrogen and oxygen atoms in total. The van der Waals surface area contributed by atoms with Crippen LogP contribution in [0.4, 0.5) is 0 Å². The molecular formula is C16H13ClO5S. The Balaban J connectivity index is 2.29. The first kappa shape index (κ1) is 15.8. The van der Waals surface area contributed by atoms with E-state index in [1.54, 1.807) is 25.1 Å². The number of esters is 1. The predicted molar refractivity (Wildman–Crippen MR) is 84.9 cm³/mol. The largest absolute Gasteiger partial charge is 0.465 e. The molecule has 3 rings (SSSR count). The number of rotatable bonds is 1. The maximum atomic E-state index is 12.7. The van der Waals surface area contributed by atoms with Crippen LogP contribution in [-0.4, -0.2) is 21.5 Å². The third kappa shape index (κ3) is 2.68. The molecule has 1 heterocycles. The molecule has 0 spiro atoms. The Bertz CT molecular complexity index is 918. The van der Waals surface area contributed by atoms with E-state index < -0.39 is 15.8 Å². The van der Waals surface area contributed by atoms with Gasteiger partial charge in [-0.2, -0.15) is 0 Å². The molecule has 23 heavy (non-hydrogen) atoms. The van der Waals surface area contributed by atoms with Crippen LogP contribution >= 0.6 is 11.6 Å². The van der Waals surface area contributed by atoms with Crippen molar-refractivity contribution in [2.45, 2.75) is 17.6 Å². The lowest BCUT2D eigenvalue weighted by Crippen LogP contribution is -2.08. The van der Waals surface area contributed by atoms with Crippen LogP contribution in [0.25, 0.3) is 0 Å². The summed E-state index contributed by atoms with van der Waals surface area (Å²) in [5.74, 6) is -0.347. The Morgan fingerprint density at radius 3 is 2.70 bits per heavy atom. The van der Waals surface area contributed by atoms with Gasteiger partial charge >= 0.3 is 5.97 Å². The average molecular weight is 353 g/mol. The molecule has 0 fully saturated rings. The molecule has 0 atom stereocenters. The summed E-state index contributed by atoms with van der Waals surface area (Å²) in [5, 5.41) is 0.335. The number of sulfone groups is 1. The fourth-order valence-corrected chi connectivity index (χ4v) is 4.32. The molecule has 0 aromatic heterocycles. The van der Waals surface area contributed by atoms with Crippen molar-refractivity contribution in [1.29, 1.82) is 0 Å². The third-order valence-electron chi connectivity index (χ3n) is 3.59. The third-order valence-corrected chi connectivity index (χ3v) is 5.56. The van der Waals surface area contributed by atoms with Gasteiger partial charge in [-0.05, 0) is 30.7 Å². The molecule has 0 saturated heterocycles. The first-order valence-electron chi connectivity index (χ1n) is 6.74. The van der Waals surface area contributed by atoms with Crippen LogP contribution in [0, 0.1) is 6.92 Å². The smallest absolute Gasteiger partial charge is 0.337 e. The molecule has 0 amide bonds. The monoisotopic (exact) mass is 352 g/mol. The highest BCUT2D eigenvalue weighted by atomic mass is 35.5. The number of aryl methyl sites for hydroxylation is 1. The zero-order valence-electron chi connectivity index (χ0n) is 12.4. The summed E-state index contributed by atoms with van der Waals surface area (Å²) in [5.41, 5.74) is 1.15. The molecule has 0 unspecified atom stereocenters. The van der Waals surface area contributed by atoms with E-state index in [9.17, 15) is 13.2 Å². The van der Waals surface area contributed by atoms with Gasteiger partial charge in [-0.25, -0.2) is 13.2 Å². The maximum Gasteiger partial charge on any atom is 0.337 e. The lowest BCUT2D eigenvalue weighted by atomic mass is 10.1. The number of carbonyl (C=O) groups is 1. The van der Waals surface area contributed by atoms with Gasteiger partial charge in [0.25, 0.3) is 0 Å². The Hall–Kier alpha value is -2.05. The Morgan fingerprint density at radius 1 is 1.26 bits per heavy atom. The van der Waals surface area contributed by atoms with Crippen LogP contribution in [0.15, 0.2) is 35.2 Å². The van der Waals surface area contributed by atoms with E-state index in [1.165, 1.54) is 19.2 Å². The van der Waals surface area contributed by atoms with Crippen molar-refractivity contribution < 1.29 is 22.7 Å². The summed E-state index contributed by atoms with van der Waals surface area (Å²) >= 11 is 6.14. The second kappa shape index (κ2) is 5.54. The zero-order chi connectivity index (χ0) is 16.8. The van der Waals surface area contributed by atoms with Gasteiger partial charge in [-0.1, -0.05) is 23.7 Å². The van der Waals surface area contributed by atoms with E-state index in [2.05, 4.69) is 4.74 Å². The van der Waals surface area contributed by atoms with Crippen LogP contribution in [0.1, 0.15) is 21.5 Å². The van der Waals surface area contributed by atoms with Crippen LogP contribution in [0.3, 0.4) is 0 Å². The molecule has 0 N–H and O–H groups in total. The molecule has 7 heteroatoms. The number of ether oxygens (including phenoxy) is 2. The minimum Gasteiger partial charge on any atom is -0.465 e. The molecule has 1 aliphatic rings. The highest BCUT2D eigenvalue weighted by molar-refractivity contribution is 7.90. The second-order valence-electron chi connectivity index (χ2n) is 5.20. The quantitative estimate of drug-likeness (QED) is 0.734. The molecule has 0 saturated carbocycles. The number of benzene rings is 2. The number of hydrogen-bond donors (Lipinski definition) is 0. The van der Waals surface area contributed by atoms with Crippen LogP contribution < -0.4 is 4.74 Å². The number of halogens is 1. The van der Waals surface area contributed by atoms with Crippen LogP contribution in [0.2, 0.25) is 5.02 Å². The van der Waals surface area contributed by atoms with Gasteiger partial charge in [0, 0.05) is 5.56 Å². The van der Waals surface area contributed by atoms with E-state index in [0.29, 0.717) is 21.9 Å². The van der Waals surface area contributed by atoms with E-state index in [0.717, 1.165) is 0 Å². The maximum absolute atomic E-state index is 12.7. The van der Waals surface area contributed by atoms with Gasteiger partial charge in [-0.15, -0.1) is 0 Å². The topological polar surface area (TPSA) is 69.7 Å². The first-order valence-corrected chi connectivity index (χ1v) is 8.77. The van der Waals surface area contributed by atoms with E-state index >= 15 is 0 Å². The second-order valence-corrected chi connectivity index (χ2v) is 7.57. The van der Waals surface area contributed by atoms with Gasteiger partial charge in [-0.3, -0.25) is 0 Å². The lowest BCUT2D eigenvalue weighted by molar-refractivity contribution is 0.0600. The van der Waals surface area contributed by atoms with Crippen molar-refractivity contribution in [3.8, 4) is 11.5 Å². The lowest BCUT2D eigenvalue weighted by Gasteiger charge is -2.13. The standard InChI is InChI=1S/C16H13ClO5S/c1-9-6-11(16(18)21-2)7-13-14(9)22-15-10(8-23(13,19)20)4-3-5-12(15)17/h3-7H,8H2,1-2H3. The Kier molecular flexibility index (Phi) is 3.82. The van der Waals surface area contributed by atoms with Gasteiger partial charge in [0.05, 0.1) is 23.4 Å². The van der Waals surface area contributed by atoms with Crippen LogP contribution in [-0.2, 0) is 20.3 Å². The summed E-state index contributed by atoms with van der Waals surface area (Å²) in [6.07, 6.45) is 0. The highest BCUT2D eigenvalue weighted by Gasteiger charge is 2.30. The Morgan fingerprint density at radius 2 is 2.00 bits per heavy atom. The fraction of sp³-hybridized carbons (Fsp3) is 0.188. The zero-order valence-corrected chi connectivity index (χ0v) is 14.0. The highest BCUT2D eigenvalue weighted by Crippen LogP contribution is 2.43. The summed E-state index contributed by atoms with van der Waals surface area (Å²) in [6.45, 7) is 1.67. The molecule has 0 bridgehead atoms. The van der Waals surface area contributed by atoms with E-state index in [-0.39, 0.29) is 22.0 Å². The summed E-state index contributed by atoms with van der Waals surface area (Å²) < 4.78 is 35.9. The van der Waals surface area contributed by atoms with Crippen molar-refractivity contribution in [2.75, 3.05) is 7.11 Å². The summed E-state index contributed by atoms with van der Waals surface area (Å²) in [6, 6.07) is 7.77. The SMILES string of the molecule is COC(=O)c1cc(C)c2c(c1)S(=O)(=O)Cc1cccc(Cl)c1O2. The van der Waals surface area contributed by atoms with E-state index in [1.807, 2.05) is 0 Å². The number of carbonyl (C=O) groups excluding carboxylic acids is 1. The summed E-state index contributed by atoms with van der Waals surface area (Å²) in [7, 11) is -2.45. The molecular weight excluding hydrogens is 340 g/mol. The van der Waals surface area contributed by atoms with Gasteiger partial charge < -0.3 is 9.47 Å². The number of methoxy groups -OCH3 is 1. The van der Waals surface area contributed by atoms with Crippen molar-refractivity contribution in [1.82, 2.24) is 0 Å². The minimum atomic E-state index is -3.69. The fourth-order valence-electron chi connectivity index (χ4n) is 2.51. The number of hydrogen-bond acceptors (Lipinski definition) is 5. The Labute approximate surface area is 138 Å². The predicted octanol–water partition coefficient (Wildman–Crippen LogP) is 3.51. The molecule has 2 aromatic rings. The van der Waals surface area contributed by atoms with Crippen molar-refractivity contribution in [2.24, 2.45) is 0 Å². The van der Waals surface area contributed by atoms with Crippen molar-refractivity contribution in [3.05, 3.63) is 52.0 Å². The van der Waals surface area contributed by atoms with Gasteiger partial charge in [0.2, 0.25) is 0 Å². The van der Waals surface area contributed by atoms with E-state index in [4.69, 9.17) is 16.3 Å². The molecule has 120 valence electrons. The minimum absolute atomic E-state index is 0.0369. The van der Waals surface area contributed by atoms with Gasteiger partial charge in [0.15, 0.2) is 9.84 Å². The first-order chi connectivity index (χ1) is 10.8. The average Bonchev–Trinajstić information content (AvgIpc) is 2.61. The summed E-state index contributed by atoms with van der Waals surface area (Å²) in [4.78, 5) is 11.7. The number of fused-ring (bicyclic) bond motifs is 2. The van der Waals surface area contributed by atoms with Crippen molar-refractivity contribution in [3.63, 3.8) is 0 Å².